The Morgan fingerprint density at radius 2 is 2.00 bits per heavy atom. The van der Waals surface area contributed by atoms with Crippen LogP contribution in [0.25, 0.3) is 0 Å². The molecule has 0 bridgehead atoms. The summed E-state index contributed by atoms with van der Waals surface area (Å²) in [5.41, 5.74) is 0.989. The highest BCUT2D eigenvalue weighted by Gasteiger charge is 2.17. The van der Waals surface area contributed by atoms with Crippen LogP contribution >= 0.6 is 0 Å². The molecule has 0 aliphatic carbocycles. The van der Waals surface area contributed by atoms with Crippen LogP contribution in [0, 0.1) is 17.0 Å². The molecule has 0 atom stereocenters. The zero-order valence-corrected chi connectivity index (χ0v) is 15.9. The largest absolute Gasteiger partial charge is 0.481 e. The third-order valence-electron chi connectivity index (χ3n) is 4.07. The summed E-state index contributed by atoms with van der Waals surface area (Å²) in [5, 5.41) is 26.6. The van der Waals surface area contributed by atoms with Crippen LogP contribution in [0.1, 0.15) is 22.5 Å². The van der Waals surface area contributed by atoms with Crippen LogP contribution in [-0.2, 0) is 11.3 Å². The van der Waals surface area contributed by atoms with Crippen molar-refractivity contribution in [2.45, 2.75) is 19.9 Å². The van der Waals surface area contributed by atoms with Crippen LogP contribution in [0.2, 0.25) is 0 Å². The zero-order chi connectivity index (χ0) is 21.7. The molecule has 0 saturated carbocycles. The van der Waals surface area contributed by atoms with Crippen molar-refractivity contribution in [3.05, 3.63) is 76.1 Å². The predicted molar refractivity (Wildman–Crippen MR) is 107 cm³/mol. The summed E-state index contributed by atoms with van der Waals surface area (Å²) in [4.78, 5) is 34.1. The van der Waals surface area contributed by atoms with Crippen molar-refractivity contribution in [2.24, 2.45) is 0 Å². The molecular weight excluding hydrogens is 392 g/mol. The fourth-order valence-electron chi connectivity index (χ4n) is 2.74. The van der Waals surface area contributed by atoms with Crippen LogP contribution < -0.4 is 10.1 Å². The van der Waals surface area contributed by atoms with Gasteiger partial charge in [-0.15, -0.1) is 0 Å². The van der Waals surface area contributed by atoms with Crippen LogP contribution in [0.4, 0.5) is 11.4 Å². The lowest BCUT2D eigenvalue weighted by molar-refractivity contribution is -0.384. The summed E-state index contributed by atoms with van der Waals surface area (Å²) >= 11 is 0. The van der Waals surface area contributed by atoms with E-state index in [1.165, 1.54) is 35.1 Å². The molecule has 0 fully saturated rings. The maximum absolute atomic E-state index is 12.6. The van der Waals surface area contributed by atoms with Gasteiger partial charge in [-0.1, -0.05) is 12.1 Å². The van der Waals surface area contributed by atoms with E-state index >= 15 is 0 Å². The maximum Gasteiger partial charge on any atom is 0.305 e. The molecule has 0 aliphatic heterocycles. The molecule has 30 heavy (non-hydrogen) atoms. The fourth-order valence-corrected chi connectivity index (χ4v) is 2.74. The number of nitro benzene ring substituents is 1. The second-order valence-electron chi connectivity index (χ2n) is 6.43. The first-order valence-corrected chi connectivity index (χ1v) is 8.91. The fraction of sp³-hybridized carbons (Fsp3) is 0.150. The number of carboxylic acids is 1. The number of hydrogen-bond acceptors (Lipinski definition) is 6. The first-order valence-electron chi connectivity index (χ1n) is 8.91. The van der Waals surface area contributed by atoms with E-state index in [1.54, 1.807) is 18.2 Å². The number of aromatic nitrogens is 2. The second-order valence-corrected chi connectivity index (χ2v) is 6.43. The van der Waals surface area contributed by atoms with Crippen molar-refractivity contribution in [3.8, 4) is 11.5 Å². The predicted octanol–water partition coefficient (Wildman–Crippen LogP) is 3.62. The van der Waals surface area contributed by atoms with E-state index in [4.69, 9.17) is 9.84 Å². The molecule has 3 rings (SSSR count). The van der Waals surface area contributed by atoms with Gasteiger partial charge < -0.3 is 15.2 Å². The summed E-state index contributed by atoms with van der Waals surface area (Å²) in [6, 6.07) is 12.5. The number of rotatable bonds is 8. The number of carbonyl (C=O) groups excluding carboxylic acids is 1. The first kappa shape index (κ1) is 20.5. The molecule has 0 spiro atoms. The number of nitro groups is 1. The first-order chi connectivity index (χ1) is 14.3. The van der Waals surface area contributed by atoms with Crippen LogP contribution in [0.15, 0.2) is 54.7 Å². The van der Waals surface area contributed by atoms with Crippen molar-refractivity contribution in [1.82, 2.24) is 9.78 Å². The lowest BCUT2D eigenvalue weighted by atomic mass is 10.2. The van der Waals surface area contributed by atoms with Gasteiger partial charge >= 0.3 is 5.97 Å². The average molecular weight is 410 g/mol. The van der Waals surface area contributed by atoms with Gasteiger partial charge in [0.05, 0.1) is 29.6 Å². The number of nitrogens with one attached hydrogen (secondary N) is 1. The Kier molecular flexibility index (Phi) is 6.06. The van der Waals surface area contributed by atoms with Gasteiger partial charge in [0.15, 0.2) is 0 Å². The molecule has 2 N–H and O–H groups in total. The number of amides is 1. The van der Waals surface area contributed by atoms with E-state index in [1.807, 2.05) is 13.0 Å². The zero-order valence-electron chi connectivity index (χ0n) is 15.9. The van der Waals surface area contributed by atoms with Gasteiger partial charge in [0.2, 0.25) is 0 Å². The number of carbonyl (C=O) groups is 2. The molecule has 0 aliphatic rings. The van der Waals surface area contributed by atoms with E-state index in [0.29, 0.717) is 5.75 Å². The number of nitrogens with zero attached hydrogens (tertiary/aromatic N) is 3. The molecule has 1 amide bonds. The molecular formula is C20H18N4O6. The Balaban J connectivity index is 1.84. The summed E-state index contributed by atoms with van der Waals surface area (Å²) < 4.78 is 6.97. The van der Waals surface area contributed by atoms with Crippen LogP contribution in [0.3, 0.4) is 0 Å². The molecule has 1 heterocycles. The number of ether oxygens (including phenoxy) is 1. The molecule has 0 unspecified atom stereocenters. The smallest absolute Gasteiger partial charge is 0.305 e. The number of hydrogen-bond donors (Lipinski definition) is 2. The number of anilines is 1. The Morgan fingerprint density at radius 3 is 2.70 bits per heavy atom. The molecule has 154 valence electrons. The van der Waals surface area contributed by atoms with Crippen molar-refractivity contribution < 1.29 is 24.4 Å². The number of aliphatic carboxylic acids is 1. The quantitative estimate of drug-likeness (QED) is 0.427. The molecule has 2 aromatic carbocycles. The molecule has 10 nitrogen and oxygen atoms in total. The Hall–Kier alpha value is -4.21. The minimum Gasteiger partial charge on any atom is -0.481 e. The van der Waals surface area contributed by atoms with Crippen molar-refractivity contribution in [2.75, 3.05) is 5.32 Å². The van der Waals surface area contributed by atoms with Gasteiger partial charge in [0.25, 0.3) is 11.6 Å². The number of carboxylic acid groups (broad SMARTS) is 1. The monoisotopic (exact) mass is 410 g/mol. The number of non-ortho nitro benzene ring substituents is 1. The third-order valence-corrected chi connectivity index (χ3v) is 4.07. The van der Waals surface area contributed by atoms with Crippen molar-refractivity contribution in [1.29, 1.82) is 0 Å². The Labute approximate surface area is 170 Å². The highest BCUT2D eigenvalue weighted by molar-refractivity contribution is 6.03. The van der Waals surface area contributed by atoms with E-state index in [0.717, 1.165) is 5.56 Å². The van der Waals surface area contributed by atoms with Gasteiger partial charge in [0.1, 0.15) is 17.2 Å². The minimum atomic E-state index is -1.02. The minimum absolute atomic E-state index is 0.0156. The summed E-state index contributed by atoms with van der Waals surface area (Å²) in [5.74, 6) is -0.919. The lowest BCUT2D eigenvalue weighted by Gasteiger charge is -2.11. The number of aryl methyl sites for hydroxylation is 2. The lowest BCUT2D eigenvalue weighted by Crippen LogP contribution is -2.19. The number of benzene rings is 2. The highest BCUT2D eigenvalue weighted by Crippen LogP contribution is 2.30. The highest BCUT2D eigenvalue weighted by atomic mass is 16.6. The van der Waals surface area contributed by atoms with Gasteiger partial charge in [-0.2, -0.15) is 5.10 Å². The van der Waals surface area contributed by atoms with Crippen molar-refractivity contribution >= 4 is 23.3 Å². The van der Waals surface area contributed by atoms with E-state index in [-0.39, 0.29) is 35.8 Å². The van der Waals surface area contributed by atoms with Gasteiger partial charge in [-0.05, 0) is 30.7 Å². The van der Waals surface area contributed by atoms with Crippen LogP contribution in [0.5, 0.6) is 11.5 Å². The van der Waals surface area contributed by atoms with E-state index < -0.39 is 16.8 Å². The van der Waals surface area contributed by atoms with Gasteiger partial charge in [-0.25, -0.2) is 0 Å². The molecule has 0 radical (unpaired) electrons. The SMILES string of the molecule is Cc1cccc(Oc2cc(NC(=O)c3ccnn3CCC(=O)O)cc([N+](=O)[O-])c2)c1. The van der Waals surface area contributed by atoms with Gasteiger partial charge in [0, 0.05) is 18.3 Å². The Bertz CT molecular complexity index is 1110. The van der Waals surface area contributed by atoms with Crippen LogP contribution in [-0.4, -0.2) is 31.7 Å². The molecule has 3 aromatic rings. The summed E-state index contributed by atoms with van der Waals surface area (Å²) in [7, 11) is 0. The van der Waals surface area contributed by atoms with E-state index in [2.05, 4.69) is 10.4 Å². The molecule has 0 saturated heterocycles. The summed E-state index contributed by atoms with van der Waals surface area (Å²) in [6.07, 6.45) is 1.17. The average Bonchev–Trinajstić information content (AvgIpc) is 3.15. The molecule has 1 aromatic heterocycles. The second kappa shape index (κ2) is 8.86. The van der Waals surface area contributed by atoms with E-state index in [9.17, 15) is 19.7 Å². The Morgan fingerprint density at radius 1 is 1.20 bits per heavy atom. The topological polar surface area (TPSA) is 137 Å². The van der Waals surface area contributed by atoms with Gasteiger partial charge in [-0.3, -0.25) is 24.4 Å². The standard InChI is InChI=1S/C20H18N4O6/c1-13-3-2-4-16(9-13)30-17-11-14(10-15(12-17)24(28)29)22-20(27)18-5-7-21-23(18)8-6-19(25)26/h2-5,7,9-12H,6,8H2,1H3,(H,22,27)(H,25,26). The van der Waals surface area contributed by atoms with Crippen molar-refractivity contribution in [3.63, 3.8) is 0 Å². The maximum atomic E-state index is 12.6. The third kappa shape index (κ3) is 5.19. The summed E-state index contributed by atoms with van der Waals surface area (Å²) in [6.45, 7) is 1.90. The normalized spacial score (nSPS) is 10.4. The molecule has 10 heteroatoms.